The molecule has 2 aromatic heterocycles. The topological polar surface area (TPSA) is 47.7 Å². The Morgan fingerprint density at radius 1 is 1.26 bits per heavy atom. The zero-order chi connectivity index (χ0) is 13.0. The Morgan fingerprint density at radius 3 is 2.68 bits per heavy atom. The van der Waals surface area contributed by atoms with E-state index in [4.69, 9.17) is 0 Å². The van der Waals surface area contributed by atoms with Gasteiger partial charge < -0.3 is 5.32 Å². The molecular weight excluding hydrogens is 262 g/mol. The molecule has 0 radical (unpaired) electrons. The van der Waals surface area contributed by atoms with Gasteiger partial charge in [0, 0.05) is 38.1 Å². The SMILES string of the molecule is CCn1ccc(CNCc2ccnn2C(C)C)n1.Cl. The summed E-state index contributed by atoms with van der Waals surface area (Å²) in [6, 6.07) is 4.50. The summed E-state index contributed by atoms with van der Waals surface area (Å²) >= 11 is 0. The number of rotatable bonds is 6. The smallest absolute Gasteiger partial charge is 0.0762 e. The predicted molar refractivity (Wildman–Crippen MR) is 78.3 cm³/mol. The van der Waals surface area contributed by atoms with E-state index in [0.29, 0.717) is 6.04 Å². The third-order valence-corrected chi connectivity index (χ3v) is 2.87. The Bertz CT molecular complexity index is 489. The Morgan fingerprint density at radius 2 is 2.05 bits per heavy atom. The van der Waals surface area contributed by atoms with Gasteiger partial charge in [-0.1, -0.05) is 0 Å². The average molecular weight is 284 g/mol. The monoisotopic (exact) mass is 283 g/mol. The minimum atomic E-state index is 0. The van der Waals surface area contributed by atoms with Crippen LogP contribution in [0, 0.1) is 0 Å². The predicted octanol–water partition coefficient (Wildman–Crippen LogP) is 2.39. The molecule has 2 heterocycles. The second-order valence-electron chi connectivity index (χ2n) is 4.63. The molecule has 0 amide bonds. The van der Waals surface area contributed by atoms with Gasteiger partial charge in [0.15, 0.2) is 0 Å². The van der Waals surface area contributed by atoms with Crippen molar-refractivity contribution in [2.45, 2.75) is 46.4 Å². The van der Waals surface area contributed by atoms with Crippen molar-refractivity contribution in [1.29, 1.82) is 0 Å². The zero-order valence-electron chi connectivity index (χ0n) is 11.7. The van der Waals surface area contributed by atoms with Gasteiger partial charge in [0.25, 0.3) is 0 Å². The van der Waals surface area contributed by atoms with Gasteiger partial charge in [0.05, 0.1) is 11.4 Å². The van der Waals surface area contributed by atoms with Gasteiger partial charge in [-0.15, -0.1) is 12.4 Å². The van der Waals surface area contributed by atoms with E-state index in [1.165, 1.54) is 5.69 Å². The van der Waals surface area contributed by atoms with Crippen LogP contribution < -0.4 is 5.32 Å². The first kappa shape index (κ1) is 15.7. The molecule has 19 heavy (non-hydrogen) atoms. The van der Waals surface area contributed by atoms with Gasteiger partial charge in [-0.05, 0) is 32.9 Å². The van der Waals surface area contributed by atoms with Gasteiger partial charge in [0.1, 0.15) is 0 Å². The lowest BCUT2D eigenvalue weighted by Gasteiger charge is -2.11. The Balaban J connectivity index is 0.00000180. The molecule has 0 aliphatic carbocycles. The molecule has 0 saturated carbocycles. The fourth-order valence-electron chi connectivity index (χ4n) is 1.94. The summed E-state index contributed by atoms with van der Waals surface area (Å²) in [4.78, 5) is 0. The van der Waals surface area contributed by atoms with E-state index in [-0.39, 0.29) is 12.4 Å². The molecule has 0 aliphatic rings. The van der Waals surface area contributed by atoms with Crippen LogP contribution in [-0.4, -0.2) is 19.6 Å². The fraction of sp³-hybridized carbons (Fsp3) is 0.538. The second kappa shape index (κ2) is 7.31. The molecule has 0 aromatic carbocycles. The average Bonchev–Trinajstić information content (AvgIpc) is 2.97. The molecule has 0 fully saturated rings. The van der Waals surface area contributed by atoms with Crippen molar-refractivity contribution >= 4 is 12.4 Å². The van der Waals surface area contributed by atoms with Crippen molar-refractivity contribution in [1.82, 2.24) is 24.9 Å². The highest BCUT2D eigenvalue weighted by Crippen LogP contribution is 2.07. The van der Waals surface area contributed by atoms with E-state index in [9.17, 15) is 0 Å². The molecule has 1 N–H and O–H groups in total. The summed E-state index contributed by atoms with van der Waals surface area (Å²) in [5, 5.41) is 12.2. The van der Waals surface area contributed by atoms with Gasteiger partial charge in [-0.2, -0.15) is 10.2 Å². The molecule has 106 valence electrons. The van der Waals surface area contributed by atoms with Crippen molar-refractivity contribution in [3.63, 3.8) is 0 Å². The number of aryl methyl sites for hydroxylation is 1. The maximum absolute atomic E-state index is 4.44. The Hall–Kier alpha value is -1.33. The highest BCUT2D eigenvalue weighted by molar-refractivity contribution is 5.85. The molecule has 6 heteroatoms. The van der Waals surface area contributed by atoms with Crippen molar-refractivity contribution < 1.29 is 0 Å². The standard InChI is InChI=1S/C13H21N5.ClH/c1-4-17-8-6-12(16-17)9-14-10-13-5-7-15-18(13)11(2)3;/h5-8,11,14H,4,9-10H2,1-3H3;1H. The van der Waals surface area contributed by atoms with Gasteiger partial charge >= 0.3 is 0 Å². The number of nitrogens with one attached hydrogen (secondary N) is 1. The Labute approximate surface area is 120 Å². The van der Waals surface area contributed by atoms with Crippen LogP contribution in [0.4, 0.5) is 0 Å². The van der Waals surface area contributed by atoms with Crippen molar-refractivity contribution in [2.24, 2.45) is 0 Å². The summed E-state index contributed by atoms with van der Waals surface area (Å²) in [6.45, 7) is 8.89. The molecular formula is C13H22ClN5. The summed E-state index contributed by atoms with van der Waals surface area (Å²) < 4.78 is 3.98. The van der Waals surface area contributed by atoms with Gasteiger partial charge in [-0.3, -0.25) is 9.36 Å². The summed E-state index contributed by atoms with van der Waals surface area (Å²) in [5.74, 6) is 0. The minimum Gasteiger partial charge on any atom is -0.305 e. The van der Waals surface area contributed by atoms with Crippen LogP contribution in [0.2, 0.25) is 0 Å². The molecule has 0 unspecified atom stereocenters. The van der Waals surface area contributed by atoms with E-state index in [1.807, 2.05) is 21.8 Å². The van der Waals surface area contributed by atoms with E-state index < -0.39 is 0 Å². The van der Waals surface area contributed by atoms with Crippen LogP contribution in [0.25, 0.3) is 0 Å². The maximum atomic E-state index is 4.44. The molecule has 0 aliphatic heterocycles. The van der Waals surface area contributed by atoms with E-state index >= 15 is 0 Å². The third-order valence-electron chi connectivity index (χ3n) is 2.87. The number of hydrogen-bond acceptors (Lipinski definition) is 3. The van der Waals surface area contributed by atoms with E-state index in [2.05, 4.69) is 48.4 Å². The summed E-state index contributed by atoms with van der Waals surface area (Å²) in [7, 11) is 0. The van der Waals surface area contributed by atoms with E-state index in [0.717, 1.165) is 25.3 Å². The molecule has 5 nitrogen and oxygen atoms in total. The first-order valence-corrected chi connectivity index (χ1v) is 6.46. The largest absolute Gasteiger partial charge is 0.305 e. The summed E-state index contributed by atoms with van der Waals surface area (Å²) in [5.41, 5.74) is 2.28. The molecule has 2 aromatic rings. The van der Waals surface area contributed by atoms with Crippen molar-refractivity contribution in [2.75, 3.05) is 0 Å². The van der Waals surface area contributed by atoms with Gasteiger partial charge in [-0.25, -0.2) is 0 Å². The highest BCUT2D eigenvalue weighted by atomic mass is 35.5. The minimum absolute atomic E-state index is 0. The summed E-state index contributed by atoms with van der Waals surface area (Å²) in [6.07, 6.45) is 3.86. The van der Waals surface area contributed by atoms with Crippen LogP contribution >= 0.6 is 12.4 Å². The lowest BCUT2D eigenvalue weighted by molar-refractivity contribution is 0.493. The molecule has 0 spiro atoms. The van der Waals surface area contributed by atoms with Crippen LogP contribution in [0.5, 0.6) is 0 Å². The number of hydrogen-bond donors (Lipinski definition) is 1. The highest BCUT2D eigenvalue weighted by Gasteiger charge is 2.05. The fourth-order valence-corrected chi connectivity index (χ4v) is 1.94. The van der Waals surface area contributed by atoms with Crippen LogP contribution in [0.1, 0.15) is 38.2 Å². The molecule has 0 bridgehead atoms. The normalized spacial score (nSPS) is 10.7. The van der Waals surface area contributed by atoms with Gasteiger partial charge in [0.2, 0.25) is 0 Å². The second-order valence-corrected chi connectivity index (χ2v) is 4.63. The first-order chi connectivity index (χ1) is 8.70. The zero-order valence-corrected chi connectivity index (χ0v) is 12.5. The molecule has 0 saturated heterocycles. The van der Waals surface area contributed by atoms with Crippen LogP contribution in [0.3, 0.4) is 0 Å². The van der Waals surface area contributed by atoms with Crippen molar-refractivity contribution in [3.8, 4) is 0 Å². The van der Waals surface area contributed by atoms with Crippen molar-refractivity contribution in [3.05, 3.63) is 35.9 Å². The third kappa shape index (κ3) is 4.08. The number of halogens is 1. The van der Waals surface area contributed by atoms with E-state index in [1.54, 1.807) is 0 Å². The lowest BCUT2D eigenvalue weighted by Crippen LogP contribution is -2.17. The number of aromatic nitrogens is 4. The molecule has 2 rings (SSSR count). The van der Waals surface area contributed by atoms with Crippen LogP contribution in [0.15, 0.2) is 24.5 Å². The number of nitrogens with zero attached hydrogens (tertiary/aromatic N) is 4. The quantitative estimate of drug-likeness (QED) is 0.885. The Kier molecular flexibility index (Phi) is 6.05. The molecule has 0 atom stereocenters. The first-order valence-electron chi connectivity index (χ1n) is 6.46. The lowest BCUT2D eigenvalue weighted by atomic mass is 10.3. The maximum Gasteiger partial charge on any atom is 0.0762 e. The van der Waals surface area contributed by atoms with Crippen LogP contribution in [-0.2, 0) is 19.6 Å².